The lowest BCUT2D eigenvalue weighted by molar-refractivity contribution is -0.132. The van der Waals surface area contributed by atoms with Gasteiger partial charge in [0.25, 0.3) is 0 Å². The van der Waals surface area contributed by atoms with Gasteiger partial charge < -0.3 is 15.1 Å². The minimum absolute atomic E-state index is 0.0135. The van der Waals surface area contributed by atoms with Gasteiger partial charge in [0.2, 0.25) is 11.8 Å². The number of hydrogen-bond acceptors (Lipinski definition) is 5. The molecule has 1 aliphatic heterocycles. The number of carbonyl (C=O) groups is 2. The van der Waals surface area contributed by atoms with Gasteiger partial charge in [-0.15, -0.1) is 5.10 Å². The standard InChI is InChI=1S/C18H22N6O2/c25-17(13-24-12-16(20-21-24)19-18(26)14-6-7-14)23-10-8-22(9-11-23)15-4-2-1-3-5-15/h1-5,12,14H,6-11,13H2,(H,19,26). The van der Waals surface area contributed by atoms with Crippen molar-refractivity contribution in [3.05, 3.63) is 36.5 Å². The van der Waals surface area contributed by atoms with Crippen molar-refractivity contribution in [3.63, 3.8) is 0 Å². The summed E-state index contributed by atoms with van der Waals surface area (Å²) in [5, 5.41) is 10.6. The molecule has 2 aliphatic rings. The normalized spacial score (nSPS) is 17.2. The van der Waals surface area contributed by atoms with Gasteiger partial charge in [0.15, 0.2) is 5.82 Å². The Kier molecular flexibility index (Phi) is 4.55. The number of aromatic nitrogens is 3. The number of carbonyl (C=O) groups excluding carboxylic acids is 2. The Morgan fingerprint density at radius 3 is 2.50 bits per heavy atom. The summed E-state index contributed by atoms with van der Waals surface area (Å²) in [6.07, 6.45) is 3.49. The molecule has 2 aromatic rings. The lowest BCUT2D eigenvalue weighted by atomic mass is 10.2. The molecular formula is C18H22N6O2. The maximum atomic E-state index is 12.5. The molecule has 1 aromatic heterocycles. The highest BCUT2D eigenvalue weighted by molar-refractivity contribution is 5.93. The molecule has 1 aliphatic carbocycles. The molecule has 0 unspecified atom stereocenters. The highest BCUT2D eigenvalue weighted by Gasteiger charge is 2.30. The van der Waals surface area contributed by atoms with Gasteiger partial charge in [-0.3, -0.25) is 9.59 Å². The highest BCUT2D eigenvalue weighted by atomic mass is 16.2. The van der Waals surface area contributed by atoms with E-state index in [0.29, 0.717) is 18.9 Å². The van der Waals surface area contributed by atoms with Crippen LogP contribution in [-0.4, -0.2) is 57.9 Å². The third-order valence-electron chi connectivity index (χ3n) is 4.79. The first-order valence-electron chi connectivity index (χ1n) is 8.98. The first kappa shape index (κ1) is 16.6. The molecule has 0 radical (unpaired) electrons. The smallest absolute Gasteiger partial charge is 0.244 e. The van der Waals surface area contributed by atoms with Gasteiger partial charge in [-0.2, -0.15) is 0 Å². The van der Waals surface area contributed by atoms with Crippen molar-refractivity contribution in [2.75, 3.05) is 36.4 Å². The number of para-hydroxylation sites is 1. The van der Waals surface area contributed by atoms with Gasteiger partial charge in [-0.1, -0.05) is 23.4 Å². The number of rotatable bonds is 5. The fraction of sp³-hybridized carbons (Fsp3) is 0.444. The molecule has 2 heterocycles. The van der Waals surface area contributed by atoms with E-state index in [1.165, 1.54) is 10.4 Å². The average molecular weight is 354 g/mol. The Labute approximate surface area is 151 Å². The number of nitrogens with zero attached hydrogens (tertiary/aromatic N) is 5. The van der Waals surface area contributed by atoms with Crippen LogP contribution in [0.2, 0.25) is 0 Å². The van der Waals surface area contributed by atoms with Crippen LogP contribution in [-0.2, 0) is 16.1 Å². The van der Waals surface area contributed by atoms with Crippen LogP contribution in [0.3, 0.4) is 0 Å². The third kappa shape index (κ3) is 3.84. The molecule has 4 rings (SSSR count). The number of piperazine rings is 1. The highest BCUT2D eigenvalue weighted by Crippen LogP contribution is 2.29. The molecule has 0 atom stereocenters. The van der Waals surface area contributed by atoms with Crippen LogP contribution >= 0.6 is 0 Å². The number of hydrogen-bond donors (Lipinski definition) is 1. The summed E-state index contributed by atoms with van der Waals surface area (Å²) >= 11 is 0. The van der Waals surface area contributed by atoms with Gasteiger partial charge in [0.1, 0.15) is 6.54 Å². The summed E-state index contributed by atoms with van der Waals surface area (Å²) in [6.45, 7) is 3.14. The Balaban J connectivity index is 1.27. The van der Waals surface area contributed by atoms with Crippen molar-refractivity contribution >= 4 is 23.3 Å². The summed E-state index contributed by atoms with van der Waals surface area (Å²) in [5.74, 6) is 0.523. The fourth-order valence-electron chi connectivity index (χ4n) is 3.10. The van der Waals surface area contributed by atoms with Gasteiger partial charge in [0, 0.05) is 37.8 Å². The molecule has 26 heavy (non-hydrogen) atoms. The number of nitrogens with one attached hydrogen (secondary N) is 1. The van der Waals surface area contributed by atoms with Crippen molar-refractivity contribution in [1.82, 2.24) is 19.9 Å². The van der Waals surface area contributed by atoms with Gasteiger partial charge in [-0.25, -0.2) is 4.68 Å². The average Bonchev–Trinajstić information content (AvgIpc) is 3.44. The maximum absolute atomic E-state index is 12.5. The molecular weight excluding hydrogens is 332 g/mol. The second-order valence-electron chi connectivity index (χ2n) is 6.77. The zero-order chi connectivity index (χ0) is 17.9. The third-order valence-corrected chi connectivity index (χ3v) is 4.79. The molecule has 0 spiro atoms. The Morgan fingerprint density at radius 1 is 1.08 bits per heavy atom. The first-order valence-corrected chi connectivity index (χ1v) is 8.98. The van der Waals surface area contributed by atoms with Crippen molar-refractivity contribution in [3.8, 4) is 0 Å². The van der Waals surface area contributed by atoms with E-state index in [1.807, 2.05) is 23.1 Å². The molecule has 1 aromatic carbocycles. The van der Waals surface area contributed by atoms with E-state index in [1.54, 1.807) is 6.20 Å². The quantitative estimate of drug-likeness (QED) is 0.865. The number of amides is 2. The first-order chi connectivity index (χ1) is 12.7. The number of anilines is 2. The zero-order valence-corrected chi connectivity index (χ0v) is 14.5. The largest absolute Gasteiger partial charge is 0.368 e. The summed E-state index contributed by atoms with van der Waals surface area (Å²) in [6, 6.07) is 10.2. The van der Waals surface area contributed by atoms with E-state index in [9.17, 15) is 9.59 Å². The topological polar surface area (TPSA) is 83.4 Å². The summed E-state index contributed by atoms with van der Waals surface area (Å²) in [7, 11) is 0. The van der Waals surface area contributed by atoms with Crippen LogP contribution in [0.1, 0.15) is 12.8 Å². The molecule has 136 valence electrons. The zero-order valence-electron chi connectivity index (χ0n) is 14.5. The van der Waals surface area contributed by atoms with E-state index in [2.05, 4.69) is 32.7 Å². The van der Waals surface area contributed by atoms with Crippen LogP contribution in [0.25, 0.3) is 0 Å². The van der Waals surface area contributed by atoms with Crippen molar-refractivity contribution in [2.45, 2.75) is 19.4 Å². The monoisotopic (exact) mass is 354 g/mol. The minimum Gasteiger partial charge on any atom is -0.368 e. The summed E-state index contributed by atoms with van der Waals surface area (Å²) in [4.78, 5) is 28.4. The van der Waals surface area contributed by atoms with E-state index >= 15 is 0 Å². The molecule has 8 heteroatoms. The number of benzene rings is 1. The van der Waals surface area contributed by atoms with E-state index < -0.39 is 0 Å². The molecule has 1 saturated heterocycles. The molecule has 1 saturated carbocycles. The van der Waals surface area contributed by atoms with E-state index in [4.69, 9.17) is 0 Å². The van der Waals surface area contributed by atoms with E-state index in [0.717, 1.165) is 25.9 Å². The van der Waals surface area contributed by atoms with Crippen molar-refractivity contribution in [1.29, 1.82) is 0 Å². The van der Waals surface area contributed by atoms with E-state index in [-0.39, 0.29) is 24.3 Å². The Morgan fingerprint density at radius 2 is 1.81 bits per heavy atom. The van der Waals surface area contributed by atoms with Gasteiger partial charge in [0.05, 0.1) is 6.20 Å². The Bertz CT molecular complexity index is 778. The summed E-state index contributed by atoms with van der Waals surface area (Å²) in [5.41, 5.74) is 1.19. The SMILES string of the molecule is O=C(Nc1cn(CC(=O)N2CCN(c3ccccc3)CC2)nn1)C1CC1. The maximum Gasteiger partial charge on any atom is 0.244 e. The molecule has 8 nitrogen and oxygen atoms in total. The van der Waals surface area contributed by atoms with Crippen LogP contribution in [0.4, 0.5) is 11.5 Å². The molecule has 2 amide bonds. The second kappa shape index (κ2) is 7.15. The minimum atomic E-state index is -0.0135. The molecule has 1 N–H and O–H groups in total. The van der Waals surface area contributed by atoms with Gasteiger partial charge >= 0.3 is 0 Å². The summed E-state index contributed by atoms with van der Waals surface area (Å²) < 4.78 is 1.48. The molecule has 0 bridgehead atoms. The second-order valence-corrected chi connectivity index (χ2v) is 6.77. The predicted octanol–water partition coefficient (Wildman–Crippen LogP) is 0.975. The van der Waals surface area contributed by atoms with Crippen molar-refractivity contribution < 1.29 is 9.59 Å². The van der Waals surface area contributed by atoms with Crippen LogP contribution in [0.15, 0.2) is 36.5 Å². The fourth-order valence-corrected chi connectivity index (χ4v) is 3.10. The lowest BCUT2D eigenvalue weighted by Crippen LogP contribution is -2.49. The lowest BCUT2D eigenvalue weighted by Gasteiger charge is -2.36. The van der Waals surface area contributed by atoms with Crippen LogP contribution < -0.4 is 10.2 Å². The van der Waals surface area contributed by atoms with Gasteiger partial charge in [-0.05, 0) is 25.0 Å². The van der Waals surface area contributed by atoms with Crippen molar-refractivity contribution in [2.24, 2.45) is 5.92 Å². The van der Waals surface area contributed by atoms with Crippen LogP contribution in [0, 0.1) is 5.92 Å². The van der Waals surface area contributed by atoms with Crippen LogP contribution in [0.5, 0.6) is 0 Å². The molecule has 2 fully saturated rings. The Hall–Kier alpha value is -2.90. The predicted molar refractivity (Wildman–Crippen MR) is 96.6 cm³/mol.